The Hall–Kier alpha value is -2.68. The molecule has 0 atom stereocenters. The number of carbonyl (C=O) groups is 1. The maximum Gasteiger partial charge on any atom is 0.248 e. The molecule has 1 heterocycles. The molecule has 0 unspecified atom stereocenters. The molecule has 1 N–H and O–H groups in total. The van der Waals surface area contributed by atoms with Crippen molar-refractivity contribution in [2.24, 2.45) is 0 Å². The fourth-order valence-electron chi connectivity index (χ4n) is 2.80. The molecule has 0 bridgehead atoms. The zero-order valence-electron chi connectivity index (χ0n) is 15.5. The standard InChI is InChI=1S/C20H22N2O5S/c1-26-19-5-3-2-4-16(19)6-11-20(23)21-17-7-9-18(10-8-17)28(24,25)22-12-14-27-15-13-22/h2-11H,12-15H2,1H3,(H,21,23). The second kappa shape index (κ2) is 9.01. The lowest BCUT2D eigenvalue weighted by atomic mass is 10.2. The van der Waals surface area contributed by atoms with E-state index < -0.39 is 10.0 Å². The third kappa shape index (κ3) is 4.78. The van der Waals surface area contributed by atoms with Crippen molar-refractivity contribution in [2.75, 3.05) is 38.7 Å². The summed E-state index contributed by atoms with van der Waals surface area (Å²) in [5, 5.41) is 2.71. The van der Waals surface area contributed by atoms with Gasteiger partial charge in [-0.3, -0.25) is 4.79 Å². The van der Waals surface area contributed by atoms with Crippen molar-refractivity contribution in [1.29, 1.82) is 0 Å². The molecule has 0 spiro atoms. The Bertz CT molecular complexity index is 949. The highest BCUT2D eigenvalue weighted by molar-refractivity contribution is 7.89. The number of benzene rings is 2. The Morgan fingerprint density at radius 3 is 2.46 bits per heavy atom. The smallest absolute Gasteiger partial charge is 0.248 e. The number of morpholine rings is 1. The number of anilines is 1. The summed E-state index contributed by atoms with van der Waals surface area (Å²) in [6.45, 7) is 1.47. The van der Waals surface area contributed by atoms with Crippen LogP contribution < -0.4 is 10.1 Å². The van der Waals surface area contributed by atoms with Gasteiger partial charge in [0.1, 0.15) is 5.75 Å². The Balaban J connectivity index is 1.65. The van der Waals surface area contributed by atoms with Gasteiger partial charge in [0, 0.05) is 30.4 Å². The first-order valence-corrected chi connectivity index (χ1v) is 10.2. The summed E-state index contributed by atoms with van der Waals surface area (Å²) in [6.07, 6.45) is 3.06. The van der Waals surface area contributed by atoms with E-state index in [-0.39, 0.29) is 10.8 Å². The average molecular weight is 402 g/mol. The van der Waals surface area contributed by atoms with Crippen LogP contribution in [0.15, 0.2) is 59.5 Å². The second-order valence-corrected chi connectivity index (χ2v) is 8.04. The van der Waals surface area contributed by atoms with Crippen molar-refractivity contribution in [1.82, 2.24) is 4.31 Å². The molecule has 8 heteroatoms. The molecule has 148 valence electrons. The fraction of sp³-hybridized carbons (Fsp3) is 0.250. The number of sulfonamides is 1. The molecule has 1 aliphatic heterocycles. The summed E-state index contributed by atoms with van der Waals surface area (Å²) in [5.74, 6) is 0.346. The minimum Gasteiger partial charge on any atom is -0.496 e. The predicted molar refractivity (Wildman–Crippen MR) is 107 cm³/mol. The van der Waals surface area contributed by atoms with E-state index in [0.717, 1.165) is 5.56 Å². The Kier molecular flexibility index (Phi) is 6.45. The van der Waals surface area contributed by atoms with E-state index in [1.54, 1.807) is 25.3 Å². The maximum absolute atomic E-state index is 12.6. The molecule has 1 amide bonds. The van der Waals surface area contributed by atoms with Crippen LogP contribution in [0.4, 0.5) is 5.69 Å². The molecular weight excluding hydrogens is 380 g/mol. The Morgan fingerprint density at radius 1 is 1.11 bits per heavy atom. The lowest BCUT2D eigenvalue weighted by molar-refractivity contribution is -0.111. The van der Waals surface area contributed by atoms with Gasteiger partial charge in [-0.2, -0.15) is 4.31 Å². The van der Waals surface area contributed by atoms with Crippen LogP contribution in [0.5, 0.6) is 5.75 Å². The number of methoxy groups -OCH3 is 1. The Morgan fingerprint density at radius 2 is 1.79 bits per heavy atom. The number of carbonyl (C=O) groups excluding carboxylic acids is 1. The SMILES string of the molecule is COc1ccccc1C=CC(=O)Nc1ccc(S(=O)(=O)N2CCOCC2)cc1. The van der Waals surface area contributed by atoms with Crippen molar-refractivity contribution >= 4 is 27.7 Å². The zero-order valence-corrected chi connectivity index (χ0v) is 16.3. The normalized spacial score (nSPS) is 15.5. The fourth-order valence-corrected chi connectivity index (χ4v) is 4.21. The summed E-state index contributed by atoms with van der Waals surface area (Å²) in [4.78, 5) is 12.3. The van der Waals surface area contributed by atoms with Gasteiger partial charge >= 0.3 is 0 Å². The molecule has 0 aromatic heterocycles. The Labute approximate surface area is 164 Å². The number of nitrogens with one attached hydrogen (secondary N) is 1. The first kappa shape index (κ1) is 20.1. The van der Waals surface area contributed by atoms with Crippen LogP contribution in [0.2, 0.25) is 0 Å². The number of hydrogen-bond donors (Lipinski definition) is 1. The summed E-state index contributed by atoms with van der Waals surface area (Å²) in [7, 11) is -1.98. The topological polar surface area (TPSA) is 84.9 Å². The van der Waals surface area contributed by atoms with Crippen LogP contribution in [0.3, 0.4) is 0 Å². The van der Waals surface area contributed by atoms with E-state index in [2.05, 4.69) is 5.32 Å². The van der Waals surface area contributed by atoms with Crippen molar-refractivity contribution in [3.8, 4) is 5.75 Å². The van der Waals surface area contributed by atoms with Gasteiger partial charge in [-0.15, -0.1) is 0 Å². The molecule has 1 aliphatic rings. The van der Waals surface area contributed by atoms with Gasteiger partial charge in [-0.25, -0.2) is 8.42 Å². The van der Waals surface area contributed by atoms with E-state index in [0.29, 0.717) is 37.7 Å². The summed E-state index contributed by atoms with van der Waals surface area (Å²) in [6, 6.07) is 13.5. The van der Waals surface area contributed by atoms with Crippen molar-refractivity contribution < 1.29 is 22.7 Å². The lowest BCUT2D eigenvalue weighted by Crippen LogP contribution is -2.40. The lowest BCUT2D eigenvalue weighted by Gasteiger charge is -2.26. The van der Waals surface area contributed by atoms with Gasteiger partial charge in [-0.05, 0) is 36.4 Å². The number of ether oxygens (including phenoxy) is 2. The molecule has 1 fully saturated rings. The molecule has 7 nitrogen and oxygen atoms in total. The molecule has 28 heavy (non-hydrogen) atoms. The van der Waals surface area contributed by atoms with Crippen LogP contribution in [0.1, 0.15) is 5.56 Å². The van der Waals surface area contributed by atoms with E-state index >= 15 is 0 Å². The van der Waals surface area contributed by atoms with E-state index in [1.807, 2.05) is 24.3 Å². The minimum absolute atomic E-state index is 0.192. The van der Waals surface area contributed by atoms with E-state index in [9.17, 15) is 13.2 Å². The van der Waals surface area contributed by atoms with Gasteiger partial charge in [0.15, 0.2) is 0 Å². The number of hydrogen-bond acceptors (Lipinski definition) is 5. The molecule has 2 aromatic carbocycles. The number of rotatable bonds is 6. The largest absolute Gasteiger partial charge is 0.496 e. The molecule has 0 saturated carbocycles. The van der Waals surface area contributed by atoms with Gasteiger partial charge in [0.25, 0.3) is 0 Å². The average Bonchev–Trinajstić information content (AvgIpc) is 2.73. The quantitative estimate of drug-likeness (QED) is 0.750. The van der Waals surface area contributed by atoms with E-state index in [4.69, 9.17) is 9.47 Å². The van der Waals surface area contributed by atoms with Crippen LogP contribution in [0.25, 0.3) is 6.08 Å². The molecule has 3 rings (SSSR count). The highest BCUT2D eigenvalue weighted by atomic mass is 32.2. The van der Waals surface area contributed by atoms with Gasteiger partial charge < -0.3 is 14.8 Å². The summed E-state index contributed by atoms with van der Waals surface area (Å²) >= 11 is 0. The van der Waals surface area contributed by atoms with Crippen molar-refractivity contribution in [3.63, 3.8) is 0 Å². The number of para-hydroxylation sites is 1. The van der Waals surface area contributed by atoms with E-state index in [1.165, 1.54) is 22.5 Å². The zero-order chi connectivity index (χ0) is 20.0. The molecule has 2 aromatic rings. The van der Waals surface area contributed by atoms with Gasteiger partial charge in [-0.1, -0.05) is 18.2 Å². The first-order valence-electron chi connectivity index (χ1n) is 8.81. The van der Waals surface area contributed by atoms with Crippen LogP contribution in [-0.4, -0.2) is 52.0 Å². The number of amides is 1. The maximum atomic E-state index is 12.6. The molecule has 0 radical (unpaired) electrons. The van der Waals surface area contributed by atoms with Crippen LogP contribution in [0, 0.1) is 0 Å². The third-order valence-corrected chi connectivity index (χ3v) is 6.20. The van der Waals surface area contributed by atoms with Crippen LogP contribution in [-0.2, 0) is 19.6 Å². The van der Waals surface area contributed by atoms with Gasteiger partial charge in [0.2, 0.25) is 15.9 Å². The predicted octanol–water partition coefficient (Wildman–Crippen LogP) is 2.37. The molecule has 0 aliphatic carbocycles. The summed E-state index contributed by atoms with van der Waals surface area (Å²) < 4.78 is 37.0. The number of nitrogens with zero attached hydrogens (tertiary/aromatic N) is 1. The molecule has 1 saturated heterocycles. The van der Waals surface area contributed by atoms with Gasteiger partial charge in [0.05, 0.1) is 25.2 Å². The van der Waals surface area contributed by atoms with Crippen molar-refractivity contribution in [3.05, 3.63) is 60.2 Å². The van der Waals surface area contributed by atoms with Crippen molar-refractivity contribution in [2.45, 2.75) is 4.90 Å². The highest BCUT2D eigenvalue weighted by Crippen LogP contribution is 2.20. The minimum atomic E-state index is -3.55. The molecular formula is C20H22N2O5S. The highest BCUT2D eigenvalue weighted by Gasteiger charge is 2.26. The summed E-state index contributed by atoms with van der Waals surface area (Å²) in [5.41, 5.74) is 1.29. The first-order chi connectivity index (χ1) is 13.5. The second-order valence-electron chi connectivity index (χ2n) is 6.11. The monoisotopic (exact) mass is 402 g/mol. The third-order valence-electron chi connectivity index (χ3n) is 4.28. The van der Waals surface area contributed by atoms with Crippen LogP contribution >= 0.6 is 0 Å².